The van der Waals surface area contributed by atoms with Gasteiger partial charge in [-0.1, -0.05) is 0 Å². The highest BCUT2D eigenvalue weighted by molar-refractivity contribution is 14.1. The molecule has 0 unspecified atom stereocenters. The second-order valence-electron chi connectivity index (χ2n) is 1.18. The molecule has 1 N–H and O–H groups in total. The summed E-state index contributed by atoms with van der Waals surface area (Å²) >= 11 is 2.02. The third kappa shape index (κ3) is 0.816. The van der Waals surface area contributed by atoms with Crippen LogP contribution in [0.5, 0.6) is 0 Å². The van der Waals surface area contributed by atoms with Crippen LogP contribution < -0.4 is 0 Å². The van der Waals surface area contributed by atoms with Crippen LogP contribution in [0.25, 0.3) is 0 Å². The first-order chi connectivity index (χ1) is 3.84. The molecule has 0 fully saturated rings. The summed E-state index contributed by atoms with van der Waals surface area (Å²) in [5, 5.41) is 8.27. The lowest BCUT2D eigenvalue weighted by Gasteiger charge is -1.73. The van der Waals surface area contributed by atoms with E-state index in [1.165, 1.54) is 6.33 Å². The molecule has 3 nitrogen and oxygen atoms in total. The lowest BCUT2D eigenvalue weighted by Crippen LogP contribution is -1.74. The van der Waals surface area contributed by atoms with Crippen LogP contribution in [-0.4, -0.2) is 9.97 Å². The molecule has 0 aliphatic carbocycles. The number of nitriles is 1. The molecule has 0 aromatic carbocycles. The number of aromatic nitrogens is 2. The van der Waals surface area contributed by atoms with Gasteiger partial charge in [-0.05, 0) is 22.6 Å². The predicted molar refractivity (Wildman–Crippen MR) is 36.0 cm³/mol. The van der Waals surface area contributed by atoms with Gasteiger partial charge in [0.15, 0.2) is 5.69 Å². The number of hydrogen-bond acceptors (Lipinski definition) is 2. The van der Waals surface area contributed by atoms with Gasteiger partial charge in [0.25, 0.3) is 0 Å². The average molecular weight is 219 g/mol. The molecule has 8 heavy (non-hydrogen) atoms. The van der Waals surface area contributed by atoms with Crippen molar-refractivity contribution < 1.29 is 0 Å². The van der Waals surface area contributed by atoms with Crippen molar-refractivity contribution in [2.24, 2.45) is 0 Å². The van der Waals surface area contributed by atoms with Crippen molar-refractivity contribution in [3.8, 4) is 6.07 Å². The number of imidazole rings is 1. The Morgan fingerprint density at radius 2 is 2.62 bits per heavy atom. The molecule has 1 aromatic heterocycles. The van der Waals surface area contributed by atoms with Crippen molar-refractivity contribution in [3.05, 3.63) is 15.7 Å². The Labute approximate surface area is 59.9 Å². The molecule has 0 bridgehead atoms. The predicted octanol–water partition coefficient (Wildman–Crippen LogP) is 0.886. The molecule has 1 aromatic rings. The quantitative estimate of drug-likeness (QED) is 0.658. The standard InChI is InChI=1S/C4H2IN3/c5-4-3(1-6)7-2-8-4/h2H,(H,7,8). The van der Waals surface area contributed by atoms with Crippen LogP contribution in [0.1, 0.15) is 5.69 Å². The lowest BCUT2D eigenvalue weighted by molar-refractivity contribution is 1.29. The lowest BCUT2D eigenvalue weighted by atomic mass is 10.6. The zero-order valence-electron chi connectivity index (χ0n) is 3.85. The number of hydrogen-bond donors (Lipinski definition) is 1. The van der Waals surface area contributed by atoms with Crippen molar-refractivity contribution in [1.82, 2.24) is 9.97 Å². The first-order valence-corrected chi connectivity index (χ1v) is 3.01. The number of H-pyrrole nitrogens is 1. The molecule has 0 aliphatic heterocycles. The molecular formula is C4H2IN3. The van der Waals surface area contributed by atoms with Gasteiger partial charge < -0.3 is 4.98 Å². The average Bonchev–Trinajstić information content (AvgIpc) is 2.14. The normalized spacial score (nSPS) is 8.50. The Morgan fingerprint density at radius 1 is 1.88 bits per heavy atom. The maximum atomic E-state index is 8.27. The van der Waals surface area contributed by atoms with Crippen molar-refractivity contribution in [1.29, 1.82) is 5.26 Å². The molecule has 0 saturated heterocycles. The van der Waals surface area contributed by atoms with Gasteiger partial charge in [0.1, 0.15) is 9.77 Å². The molecule has 0 spiro atoms. The number of aromatic amines is 1. The summed E-state index contributed by atoms with van der Waals surface area (Å²) in [5.74, 6) is 0. The van der Waals surface area contributed by atoms with E-state index >= 15 is 0 Å². The van der Waals surface area contributed by atoms with Crippen molar-refractivity contribution >= 4 is 22.6 Å². The van der Waals surface area contributed by atoms with E-state index < -0.39 is 0 Å². The van der Waals surface area contributed by atoms with Gasteiger partial charge in [0.2, 0.25) is 0 Å². The third-order valence-electron chi connectivity index (χ3n) is 0.699. The molecule has 0 radical (unpaired) electrons. The minimum atomic E-state index is 0.464. The van der Waals surface area contributed by atoms with Gasteiger partial charge in [0, 0.05) is 0 Å². The molecule has 40 valence electrons. The zero-order chi connectivity index (χ0) is 5.98. The molecular weight excluding hydrogens is 217 g/mol. The maximum absolute atomic E-state index is 8.27. The van der Waals surface area contributed by atoms with Crippen LogP contribution in [0.2, 0.25) is 0 Å². The van der Waals surface area contributed by atoms with E-state index in [1.807, 2.05) is 28.7 Å². The highest BCUT2D eigenvalue weighted by Crippen LogP contribution is 2.02. The van der Waals surface area contributed by atoms with Crippen molar-refractivity contribution in [2.75, 3.05) is 0 Å². The van der Waals surface area contributed by atoms with Gasteiger partial charge in [-0.3, -0.25) is 0 Å². The van der Waals surface area contributed by atoms with E-state index in [9.17, 15) is 0 Å². The Hall–Kier alpha value is -0.570. The minimum absolute atomic E-state index is 0.464. The van der Waals surface area contributed by atoms with Crippen LogP contribution in [-0.2, 0) is 0 Å². The Balaban J connectivity index is 3.15. The summed E-state index contributed by atoms with van der Waals surface area (Å²) in [6.07, 6.45) is 1.50. The van der Waals surface area contributed by atoms with Crippen LogP contribution in [0, 0.1) is 15.0 Å². The van der Waals surface area contributed by atoms with Gasteiger partial charge in [-0.15, -0.1) is 0 Å². The van der Waals surface area contributed by atoms with Gasteiger partial charge in [-0.2, -0.15) is 5.26 Å². The number of nitrogens with zero attached hydrogens (tertiary/aromatic N) is 2. The molecule has 4 heteroatoms. The second-order valence-corrected chi connectivity index (χ2v) is 2.26. The number of nitrogens with one attached hydrogen (secondary N) is 1. The highest BCUT2D eigenvalue weighted by Gasteiger charge is 1.96. The maximum Gasteiger partial charge on any atom is 0.171 e. The van der Waals surface area contributed by atoms with E-state index in [0.717, 1.165) is 3.70 Å². The van der Waals surface area contributed by atoms with Crippen LogP contribution in [0.3, 0.4) is 0 Å². The Bertz CT molecular complexity index is 221. The van der Waals surface area contributed by atoms with Crippen LogP contribution >= 0.6 is 22.6 Å². The van der Waals surface area contributed by atoms with Gasteiger partial charge in [0.05, 0.1) is 6.33 Å². The SMILES string of the molecule is N#Cc1nc[nH]c1I. The summed E-state index contributed by atoms with van der Waals surface area (Å²) in [4.78, 5) is 6.48. The fourth-order valence-electron chi connectivity index (χ4n) is 0.356. The first-order valence-electron chi connectivity index (χ1n) is 1.93. The number of rotatable bonds is 0. The summed E-state index contributed by atoms with van der Waals surface area (Å²) < 4.78 is 0.796. The zero-order valence-corrected chi connectivity index (χ0v) is 6.01. The fourth-order valence-corrected chi connectivity index (χ4v) is 0.756. The highest BCUT2D eigenvalue weighted by atomic mass is 127. The van der Waals surface area contributed by atoms with Crippen molar-refractivity contribution in [3.63, 3.8) is 0 Å². The smallest absolute Gasteiger partial charge is 0.171 e. The van der Waals surface area contributed by atoms with Crippen LogP contribution in [0.4, 0.5) is 0 Å². The van der Waals surface area contributed by atoms with Gasteiger partial charge in [-0.25, -0.2) is 4.98 Å². The summed E-state index contributed by atoms with van der Waals surface area (Å²) in [6.45, 7) is 0. The topological polar surface area (TPSA) is 52.5 Å². The van der Waals surface area contributed by atoms with Gasteiger partial charge >= 0.3 is 0 Å². The molecule has 1 heterocycles. The Morgan fingerprint density at radius 3 is 2.88 bits per heavy atom. The monoisotopic (exact) mass is 219 g/mol. The van der Waals surface area contributed by atoms with E-state index in [1.54, 1.807) is 0 Å². The van der Waals surface area contributed by atoms with E-state index in [-0.39, 0.29) is 0 Å². The largest absolute Gasteiger partial charge is 0.339 e. The summed E-state index contributed by atoms with van der Waals surface area (Å²) in [5.41, 5.74) is 0.464. The number of halogens is 1. The van der Waals surface area contributed by atoms with Crippen LogP contribution in [0.15, 0.2) is 6.33 Å². The van der Waals surface area contributed by atoms with E-state index in [4.69, 9.17) is 5.26 Å². The van der Waals surface area contributed by atoms with E-state index in [0.29, 0.717) is 5.69 Å². The minimum Gasteiger partial charge on any atom is -0.339 e. The molecule has 1 rings (SSSR count). The molecule has 0 atom stereocenters. The second kappa shape index (κ2) is 2.13. The Kier molecular flexibility index (Phi) is 1.48. The summed E-state index contributed by atoms with van der Waals surface area (Å²) in [6, 6.07) is 1.93. The molecule has 0 amide bonds. The summed E-state index contributed by atoms with van der Waals surface area (Å²) in [7, 11) is 0. The third-order valence-corrected chi connectivity index (χ3v) is 1.52. The fraction of sp³-hybridized carbons (Fsp3) is 0. The molecule has 0 aliphatic rings. The van der Waals surface area contributed by atoms with E-state index in [2.05, 4.69) is 9.97 Å². The van der Waals surface area contributed by atoms with Crippen molar-refractivity contribution in [2.45, 2.75) is 0 Å². The molecule has 0 saturated carbocycles. The first kappa shape index (κ1) is 5.56.